The van der Waals surface area contributed by atoms with Crippen molar-refractivity contribution >= 4 is 11.7 Å². The van der Waals surface area contributed by atoms with Gasteiger partial charge in [-0.15, -0.1) is 0 Å². The summed E-state index contributed by atoms with van der Waals surface area (Å²) in [4.78, 5) is 26.8. The minimum atomic E-state index is -0.226. The van der Waals surface area contributed by atoms with Crippen LogP contribution in [-0.2, 0) is 11.2 Å². The molecule has 4 nitrogen and oxygen atoms in total. The summed E-state index contributed by atoms with van der Waals surface area (Å²) in [5.41, 5.74) is 3.52. The van der Waals surface area contributed by atoms with Gasteiger partial charge in [-0.25, -0.2) is 4.39 Å². The number of rotatable bonds is 4. The van der Waals surface area contributed by atoms with Crippen LogP contribution in [-0.4, -0.2) is 36.3 Å². The number of nitrogens with zero attached hydrogens (tertiary/aromatic N) is 1. The average molecular weight is 444 g/mol. The van der Waals surface area contributed by atoms with Crippen LogP contribution >= 0.6 is 0 Å². The number of ketones is 1. The first-order valence-electron chi connectivity index (χ1n) is 11.5. The largest absolute Gasteiger partial charge is 0.486 e. The normalized spacial score (nSPS) is 17.2. The molecule has 2 aliphatic rings. The van der Waals surface area contributed by atoms with Crippen LogP contribution in [0.4, 0.5) is 4.39 Å². The molecule has 3 aromatic carbocycles. The molecule has 0 saturated carbocycles. The summed E-state index contributed by atoms with van der Waals surface area (Å²) >= 11 is 0. The van der Waals surface area contributed by atoms with Crippen molar-refractivity contribution in [1.29, 1.82) is 0 Å². The zero-order chi connectivity index (χ0) is 22.8. The van der Waals surface area contributed by atoms with Gasteiger partial charge in [-0.05, 0) is 60.2 Å². The second kappa shape index (κ2) is 9.18. The molecule has 33 heavy (non-hydrogen) atoms. The third-order valence-corrected chi connectivity index (χ3v) is 6.75. The molecule has 168 valence electrons. The minimum Gasteiger partial charge on any atom is -0.486 e. The van der Waals surface area contributed by atoms with Crippen molar-refractivity contribution in [2.24, 2.45) is 5.92 Å². The Balaban J connectivity index is 1.32. The van der Waals surface area contributed by atoms with Gasteiger partial charge in [-0.3, -0.25) is 9.59 Å². The van der Waals surface area contributed by atoms with Crippen molar-refractivity contribution in [3.8, 4) is 5.75 Å². The smallest absolute Gasteiger partial charge is 0.253 e. The Bertz CT molecular complexity index is 1170. The number of halogens is 1. The lowest BCUT2D eigenvalue weighted by Gasteiger charge is -2.37. The Hall–Kier alpha value is -3.47. The number of carbonyl (C=O) groups excluding carboxylic acids is 2. The first-order chi connectivity index (χ1) is 16.1. The van der Waals surface area contributed by atoms with Gasteiger partial charge in [0.2, 0.25) is 0 Å². The predicted molar refractivity (Wildman–Crippen MR) is 124 cm³/mol. The highest BCUT2D eigenvalue weighted by atomic mass is 19.1. The van der Waals surface area contributed by atoms with Gasteiger partial charge in [0.25, 0.3) is 5.91 Å². The predicted octanol–water partition coefficient (Wildman–Crippen LogP) is 5.01. The minimum absolute atomic E-state index is 0.0173. The highest BCUT2D eigenvalue weighted by molar-refractivity contribution is 5.95. The van der Waals surface area contributed by atoms with Crippen LogP contribution in [0.5, 0.6) is 5.75 Å². The van der Waals surface area contributed by atoms with Crippen LogP contribution in [0.1, 0.15) is 45.8 Å². The van der Waals surface area contributed by atoms with Gasteiger partial charge < -0.3 is 9.64 Å². The molecule has 1 amide bonds. The Labute approximate surface area is 193 Å². The molecule has 0 radical (unpaired) electrons. The molecule has 1 atom stereocenters. The Morgan fingerprint density at radius 1 is 0.939 bits per heavy atom. The number of hydrogen-bond donors (Lipinski definition) is 0. The fraction of sp³-hybridized carbons (Fsp3) is 0.286. The number of likely N-dealkylation sites (tertiary alicyclic amines) is 1. The van der Waals surface area contributed by atoms with Crippen molar-refractivity contribution in [3.63, 3.8) is 0 Å². The molecule has 1 saturated heterocycles. The number of Topliss-reactive ketones (excluding diaryl/α,β-unsaturated/α-hetero) is 1. The van der Waals surface area contributed by atoms with Crippen LogP contribution in [0.25, 0.3) is 0 Å². The van der Waals surface area contributed by atoms with E-state index in [2.05, 4.69) is 12.1 Å². The summed E-state index contributed by atoms with van der Waals surface area (Å²) in [6, 6.07) is 22.5. The molecule has 0 aromatic heterocycles. The quantitative estimate of drug-likeness (QED) is 0.569. The van der Waals surface area contributed by atoms with Gasteiger partial charge in [0.1, 0.15) is 18.2 Å². The molecule has 1 fully saturated rings. The standard InChI is InChI=1S/C28H26FNO3/c29-24-8-4-7-21(16-24)27(19-5-2-1-3-6-19)20-11-13-30(14-12-20)28(32)22-9-10-26-23(15-22)17-25(31)18-33-26/h1-10,15-16,20,27H,11-14,17-18H2/t27-/m0/s1. The number of benzene rings is 3. The van der Waals surface area contributed by atoms with Gasteiger partial charge in [0.05, 0.1) is 0 Å². The Kier molecular flexibility index (Phi) is 5.95. The third-order valence-electron chi connectivity index (χ3n) is 6.75. The SMILES string of the molecule is O=C1COc2ccc(C(=O)N3CCC([C@H](c4ccccc4)c4cccc(F)c4)CC3)cc2C1. The summed E-state index contributed by atoms with van der Waals surface area (Å²) in [6.07, 6.45) is 1.99. The lowest BCUT2D eigenvalue weighted by atomic mass is 9.76. The van der Waals surface area contributed by atoms with Gasteiger partial charge in [0.15, 0.2) is 5.78 Å². The van der Waals surface area contributed by atoms with Crippen LogP contribution in [0, 0.1) is 11.7 Å². The maximum atomic E-state index is 14.0. The summed E-state index contributed by atoms with van der Waals surface area (Å²) in [5.74, 6) is 0.869. The third kappa shape index (κ3) is 4.54. The van der Waals surface area contributed by atoms with Crippen molar-refractivity contribution in [2.45, 2.75) is 25.2 Å². The fourth-order valence-electron chi connectivity index (χ4n) is 5.13. The molecule has 0 bridgehead atoms. The molecule has 5 rings (SSSR count). The van der Waals surface area contributed by atoms with Crippen LogP contribution < -0.4 is 4.74 Å². The van der Waals surface area contributed by atoms with E-state index in [1.165, 1.54) is 11.6 Å². The van der Waals surface area contributed by atoms with E-state index in [0.29, 0.717) is 36.7 Å². The second-order valence-corrected chi connectivity index (χ2v) is 8.90. The number of amides is 1. The van der Waals surface area contributed by atoms with E-state index in [9.17, 15) is 14.0 Å². The van der Waals surface area contributed by atoms with Gasteiger partial charge in [-0.2, -0.15) is 0 Å². The van der Waals surface area contributed by atoms with Crippen molar-refractivity contribution in [1.82, 2.24) is 4.90 Å². The van der Waals surface area contributed by atoms with E-state index in [0.717, 1.165) is 24.0 Å². The van der Waals surface area contributed by atoms with Crippen LogP contribution in [0.15, 0.2) is 72.8 Å². The number of ether oxygens (including phenoxy) is 1. The highest BCUT2D eigenvalue weighted by Gasteiger charge is 2.31. The summed E-state index contributed by atoms with van der Waals surface area (Å²) in [6.45, 7) is 1.39. The first kappa shape index (κ1) is 21.4. The Morgan fingerprint density at radius 2 is 1.70 bits per heavy atom. The lowest BCUT2D eigenvalue weighted by Crippen LogP contribution is -2.40. The van der Waals surface area contributed by atoms with Gasteiger partial charge in [-0.1, -0.05) is 42.5 Å². The average Bonchev–Trinajstić information content (AvgIpc) is 2.84. The summed E-state index contributed by atoms with van der Waals surface area (Å²) < 4.78 is 19.5. The molecule has 0 unspecified atom stereocenters. The van der Waals surface area contributed by atoms with Crippen LogP contribution in [0.3, 0.4) is 0 Å². The van der Waals surface area contributed by atoms with Crippen molar-refractivity contribution in [3.05, 3.63) is 101 Å². The zero-order valence-electron chi connectivity index (χ0n) is 18.4. The van der Waals surface area contributed by atoms with E-state index >= 15 is 0 Å². The van der Waals surface area contributed by atoms with Crippen LogP contribution in [0.2, 0.25) is 0 Å². The Morgan fingerprint density at radius 3 is 2.45 bits per heavy atom. The lowest BCUT2D eigenvalue weighted by molar-refractivity contribution is -0.121. The maximum absolute atomic E-state index is 14.0. The number of carbonyl (C=O) groups is 2. The molecule has 0 N–H and O–H groups in total. The zero-order valence-corrected chi connectivity index (χ0v) is 18.4. The van der Waals surface area contributed by atoms with E-state index in [-0.39, 0.29) is 30.0 Å². The van der Waals surface area contributed by atoms with E-state index in [1.807, 2.05) is 29.2 Å². The summed E-state index contributed by atoms with van der Waals surface area (Å²) in [5, 5.41) is 0. The van der Waals surface area contributed by atoms with Gasteiger partial charge >= 0.3 is 0 Å². The topological polar surface area (TPSA) is 46.6 Å². The monoisotopic (exact) mass is 443 g/mol. The molecule has 0 aliphatic carbocycles. The molecule has 2 aliphatic heterocycles. The van der Waals surface area contributed by atoms with Gasteiger partial charge in [0, 0.05) is 36.6 Å². The van der Waals surface area contributed by atoms with Crippen molar-refractivity contribution in [2.75, 3.05) is 19.7 Å². The summed E-state index contributed by atoms with van der Waals surface area (Å²) in [7, 11) is 0. The molecule has 5 heteroatoms. The van der Waals surface area contributed by atoms with E-state index in [1.54, 1.807) is 30.3 Å². The highest BCUT2D eigenvalue weighted by Crippen LogP contribution is 2.38. The number of fused-ring (bicyclic) bond motifs is 1. The fourth-order valence-corrected chi connectivity index (χ4v) is 5.13. The molecular formula is C28H26FNO3. The number of hydrogen-bond acceptors (Lipinski definition) is 3. The second-order valence-electron chi connectivity index (χ2n) is 8.90. The molecule has 3 aromatic rings. The van der Waals surface area contributed by atoms with E-state index in [4.69, 9.17) is 4.74 Å². The first-order valence-corrected chi connectivity index (χ1v) is 11.5. The number of piperidine rings is 1. The maximum Gasteiger partial charge on any atom is 0.253 e. The molecule has 0 spiro atoms. The molecule has 2 heterocycles. The molecular weight excluding hydrogens is 417 g/mol. The van der Waals surface area contributed by atoms with E-state index < -0.39 is 0 Å². The van der Waals surface area contributed by atoms with Crippen molar-refractivity contribution < 1.29 is 18.7 Å².